The molecule has 0 saturated carbocycles. The van der Waals surface area contributed by atoms with Crippen LogP contribution in [0.5, 0.6) is 11.6 Å². The molecule has 0 bridgehead atoms. The summed E-state index contributed by atoms with van der Waals surface area (Å²) in [5, 5.41) is 2.92. The number of rotatable bonds is 6. The van der Waals surface area contributed by atoms with Crippen LogP contribution < -0.4 is 15.0 Å². The average Bonchev–Trinajstić information content (AvgIpc) is 2.90. The summed E-state index contributed by atoms with van der Waals surface area (Å²) in [6.07, 6.45) is 1.57. The summed E-state index contributed by atoms with van der Waals surface area (Å²) in [6, 6.07) is 22.2. The van der Waals surface area contributed by atoms with Crippen LogP contribution in [0.2, 0.25) is 0 Å². The van der Waals surface area contributed by atoms with Crippen LogP contribution in [0.1, 0.15) is 10.4 Å². The van der Waals surface area contributed by atoms with Gasteiger partial charge in [0, 0.05) is 47.9 Å². The molecule has 2 heterocycles. The largest absolute Gasteiger partial charge is 0.439 e. The summed E-state index contributed by atoms with van der Waals surface area (Å²) in [7, 11) is 0. The molecule has 1 amide bonds. The van der Waals surface area contributed by atoms with Gasteiger partial charge in [0.2, 0.25) is 5.88 Å². The summed E-state index contributed by atoms with van der Waals surface area (Å²) >= 11 is 0. The Morgan fingerprint density at radius 2 is 1.74 bits per heavy atom. The van der Waals surface area contributed by atoms with Crippen molar-refractivity contribution in [2.45, 2.75) is 0 Å². The zero-order chi connectivity index (χ0) is 24.0. The van der Waals surface area contributed by atoms with Crippen LogP contribution in [0.4, 0.5) is 15.8 Å². The molecule has 0 spiro atoms. The molecule has 1 aliphatic rings. The third-order valence-corrected chi connectivity index (χ3v) is 5.55. The van der Waals surface area contributed by atoms with Crippen molar-refractivity contribution < 1.29 is 18.7 Å². The van der Waals surface area contributed by atoms with Crippen molar-refractivity contribution in [1.82, 2.24) is 9.97 Å². The third-order valence-electron chi connectivity index (χ3n) is 5.55. The van der Waals surface area contributed by atoms with Gasteiger partial charge in [0.05, 0.1) is 13.2 Å². The molecule has 1 aromatic heterocycles. The first-order valence-corrected chi connectivity index (χ1v) is 11.2. The van der Waals surface area contributed by atoms with Gasteiger partial charge in [0.25, 0.3) is 5.91 Å². The van der Waals surface area contributed by atoms with Gasteiger partial charge in [-0.15, -0.1) is 0 Å². The van der Waals surface area contributed by atoms with Crippen LogP contribution in [0.3, 0.4) is 0 Å². The van der Waals surface area contributed by atoms with Crippen LogP contribution in [0, 0.1) is 5.82 Å². The minimum Gasteiger partial charge on any atom is -0.439 e. The molecule has 1 aliphatic heterocycles. The number of carbonyl (C=O) groups excluding carboxylic acids is 1. The van der Waals surface area contributed by atoms with E-state index in [0.717, 1.165) is 32.0 Å². The van der Waals surface area contributed by atoms with Gasteiger partial charge in [-0.05, 0) is 66.7 Å². The Labute approximate surface area is 202 Å². The fourth-order valence-corrected chi connectivity index (χ4v) is 3.74. The predicted octanol–water partition coefficient (Wildman–Crippen LogP) is 5.16. The highest BCUT2D eigenvalue weighted by atomic mass is 19.1. The molecule has 1 saturated heterocycles. The molecule has 0 unspecified atom stereocenters. The number of amides is 1. The highest BCUT2D eigenvalue weighted by Crippen LogP contribution is 2.24. The van der Waals surface area contributed by atoms with Gasteiger partial charge >= 0.3 is 0 Å². The fourth-order valence-electron chi connectivity index (χ4n) is 3.74. The lowest BCUT2D eigenvalue weighted by molar-refractivity contribution is 0.102. The Balaban J connectivity index is 1.25. The third kappa shape index (κ3) is 5.62. The van der Waals surface area contributed by atoms with E-state index in [1.165, 1.54) is 12.1 Å². The molecular formula is C27H23FN4O3. The average molecular weight is 471 g/mol. The standard InChI is InChI=1S/C27H23FN4O3/c28-21-6-4-19(5-7-21)26-29-13-12-25(31-26)35-24-3-1-2-20(18-24)27(33)30-22-8-10-23(11-9-22)32-14-16-34-17-15-32/h1-13,18H,14-17H2,(H,30,33). The fraction of sp³-hybridized carbons (Fsp3) is 0.148. The molecule has 7 nitrogen and oxygen atoms in total. The topological polar surface area (TPSA) is 76.6 Å². The molecule has 0 aliphatic carbocycles. The summed E-state index contributed by atoms with van der Waals surface area (Å²) in [5.74, 6) is 0.616. The number of morpholine rings is 1. The monoisotopic (exact) mass is 470 g/mol. The predicted molar refractivity (Wildman–Crippen MR) is 131 cm³/mol. The molecule has 35 heavy (non-hydrogen) atoms. The Morgan fingerprint density at radius 1 is 0.971 bits per heavy atom. The van der Waals surface area contributed by atoms with E-state index in [2.05, 4.69) is 20.2 Å². The number of hydrogen-bond donors (Lipinski definition) is 1. The van der Waals surface area contributed by atoms with E-state index in [9.17, 15) is 9.18 Å². The summed E-state index contributed by atoms with van der Waals surface area (Å²) < 4.78 is 24.5. The number of ether oxygens (including phenoxy) is 2. The van der Waals surface area contributed by atoms with E-state index < -0.39 is 0 Å². The van der Waals surface area contributed by atoms with Crippen LogP contribution in [-0.4, -0.2) is 42.2 Å². The number of aromatic nitrogens is 2. The molecule has 8 heteroatoms. The Bertz CT molecular complexity index is 1310. The Morgan fingerprint density at radius 3 is 2.51 bits per heavy atom. The lowest BCUT2D eigenvalue weighted by atomic mass is 10.2. The number of carbonyl (C=O) groups is 1. The van der Waals surface area contributed by atoms with Crippen LogP contribution in [-0.2, 0) is 4.74 Å². The van der Waals surface area contributed by atoms with Crippen molar-refractivity contribution >= 4 is 17.3 Å². The van der Waals surface area contributed by atoms with Crippen LogP contribution in [0.25, 0.3) is 11.4 Å². The Kier molecular flexibility index (Phi) is 6.63. The minimum absolute atomic E-state index is 0.246. The van der Waals surface area contributed by atoms with Crippen LogP contribution >= 0.6 is 0 Å². The maximum absolute atomic E-state index is 13.2. The van der Waals surface area contributed by atoms with E-state index in [0.29, 0.717) is 34.3 Å². The van der Waals surface area contributed by atoms with Gasteiger partial charge in [-0.1, -0.05) is 6.07 Å². The zero-order valence-corrected chi connectivity index (χ0v) is 18.9. The molecule has 0 atom stereocenters. The van der Waals surface area contributed by atoms with E-state index in [-0.39, 0.29) is 11.7 Å². The number of nitrogens with one attached hydrogen (secondary N) is 1. The molecule has 5 rings (SSSR count). The highest BCUT2D eigenvalue weighted by Gasteiger charge is 2.12. The molecule has 0 radical (unpaired) electrons. The van der Waals surface area contributed by atoms with E-state index in [1.54, 1.807) is 48.7 Å². The van der Waals surface area contributed by atoms with Crippen molar-refractivity contribution in [3.63, 3.8) is 0 Å². The first-order chi connectivity index (χ1) is 17.1. The van der Waals surface area contributed by atoms with Crippen molar-refractivity contribution in [3.8, 4) is 23.0 Å². The van der Waals surface area contributed by atoms with Crippen molar-refractivity contribution in [3.05, 3.63) is 96.4 Å². The number of halogens is 1. The smallest absolute Gasteiger partial charge is 0.255 e. The lowest BCUT2D eigenvalue weighted by Gasteiger charge is -2.28. The summed E-state index contributed by atoms with van der Waals surface area (Å²) in [4.78, 5) is 23.7. The Hall–Kier alpha value is -4.30. The van der Waals surface area contributed by atoms with E-state index in [4.69, 9.17) is 9.47 Å². The van der Waals surface area contributed by atoms with E-state index >= 15 is 0 Å². The van der Waals surface area contributed by atoms with Gasteiger partial charge in [-0.3, -0.25) is 4.79 Å². The maximum Gasteiger partial charge on any atom is 0.255 e. The number of anilines is 2. The minimum atomic E-state index is -0.329. The van der Waals surface area contributed by atoms with Gasteiger partial charge in [-0.2, -0.15) is 4.98 Å². The number of benzene rings is 3. The van der Waals surface area contributed by atoms with Crippen LogP contribution in [0.15, 0.2) is 85.1 Å². The SMILES string of the molecule is O=C(Nc1ccc(N2CCOCC2)cc1)c1cccc(Oc2ccnc(-c3ccc(F)cc3)n2)c1. The first-order valence-electron chi connectivity index (χ1n) is 11.2. The van der Waals surface area contributed by atoms with Crippen molar-refractivity contribution in [1.29, 1.82) is 0 Å². The molecular weight excluding hydrogens is 447 g/mol. The first kappa shape index (κ1) is 22.5. The summed E-state index contributed by atoms with van der Waals surface area (Å²) in [6.45, 7) is 3.16. The normalized spacial score (nSPS) is 13.3. The molecule has 4 aromatic rings. The molecule has 1 fully saturated rings. The second-order valence-electron chi connectivity index (χ2n) is 7.96. The van der Waals surface area contributed by atoms with Crippen molar-refractivity contribution in [2.24, 2.45) is 0 Å². The second-order valence-corrected chi connectivity index (χ2v) is 7.96. The van der Waals surface area contributed by atoms with Gasteiger partial charge < -0.3 is 19.7 Å². The lowest BCUT2D eigenvalue weighted by Crippen LogP contribution is -2.36. The highest BCUT2D eigenvalue weighted by molar-refractivity contribution is 6.04. The molecule has 176 valence electrons. The van der Waals surface area contributed by atoms with Crippen molar-refractivity contribution in [2.75, 3.05) is 36.5 Å². The van der Waals surface area contributed by atoms with E-state index in [1.807, 2.05) is 24.3 Å². The van der Waals surface area contributed by atoms with Gasteiger partial charge in [-0.25, -0.2) is 9.37 Å². The summed E-state index contributed by atoms with van der Waals surface area (Å²) in [5.41, 5.74) is 2.93. The van der Waals surface area contributed by atoms with Gasteiger partial charge in [0.1, 0.15) is 11.6 Å². The molecule has 3 aromatic carbocycles. The maximum atomic E-state index is 13.2. The number of nitrogens with zero attached hydrogens (tertiary/aromatic N) is 3. The molecule has 1 N–H and O–H groups in total. The number of hydrogen-bond acceptors (Lipinski definition) is 6. The zero-order valence-electron chi connectivity index (χ0n) is 18.9. The second kappa shape index (κ2) is 10.3. The van der Waals surface area contributed by atoms with Gasteiger partial charge in [0.15, 0.2) is 5.82 Å². The quantitative estimate of drug-likeness (QED) is 0.419.